The summed E-state index contributed by atoms with van der Waals surface area (Å²) in [5.74, 6) is -0.737. The number of carbonyl (C=O) groups is 1. The van der Waals surface area contributed by atoms with Crippen LogP contribution in [0.25, 0.3) is 0 Å². The van der Waals surface area contributed by atoms with E-state index in [4.69, 9.17) is 0 Å². The number of sulfone groups is 1. The average Bonchev–Trinajstić information content (AvgIpc) is 2.26. The highest BCUT2D eigenvalue weighted by Crippen LogP contribution is 2.13. The molecule has 1 aromatic carbocycles. The predicted octanol–water partition coefficient (Wildman–Crippen LogP) is 1.33. The monoisotopic (exact) mass is 242 g/mol. The van der Waals surface area contributed by atoms with Crippen molar-refractivity contribution >= 4 is 15.8 Å². The molecular formula is C11H14O4S. The van der Waals surface area contributed by atoms with Crippen molar-refractivity contribution in [3.8, 4) is 0 Å². The smallest absolute Gasteiger partial charge is 0.306 e. The second-order valence-corrected chi connectivity index (χ2v) is 5.57. The van der Waals surface area contributed by atoms with Crippen LogP contribution in [0.5, 0.6) is 0 Å². The van der Waals surface area contributed by atoms with E-state index in [2.05, 4.69) is 4.74 Å². The zero-order valence-corrected chi connectivity index (χ0v) is 10.1. The Morgan fingerprint density at radius 1 is 1.38 bits per heavy atom. The summed E-state index contributed by atoms with van der Waals surface area (Å²) in [6.07, 6.45) is -0.118. The number of aryl methyl sites for hydroxylation is 1. The summed E-state index contributed by atoms with van der Waals surface area (Å²) >= 11 is 0. The third kappa shape index (κ3) is 3.34. The Labute approximate surface area is 95.2 Å². The van der Waals surface area contributed by atoms with Crippen LogP contribution in [0.1, 0.15) is 12.0 Å². The molecule has 16 heavy (non-hydrogen) atoms. The molecule has 0 aliphatic rings. The fourth-order valence-corrected chi connectivity index (χ4v) is 2.57. The molecule has 0 fully saturated rings. The van der Waals surface area contributed by atoms with Crippen LogP contribution in [0.15, 0.2) is 29.2 Å². The standard InChI is InChI=1S/C11H14O4S/c1-9-4-3-5-10(8-9)16(13,14)7-6-11(12)15-2/h3-5,8H,6-7H2,1-2H3. The summed E-state index contributed by atoms with van der Waals surface area (Å²) in [7, 11) is -2.15. The highest BCUT2D eigenvalue weighted by atomic mass is 32.2. The van der Waals surface area contributed by atoms with Gasteiger partial charge in [-0.05, 0) is 24.6 Å². The number of hydrogen-bond donors (Lipinski definition) is 0. The molecule has 5 heteroatoms. The normalized spacial score (nSPS) is 11.1. The molecule has 1 rings (SSSR count). The van der Waals surface area contributed by atoms with Crippen LogP contribution in [0, 0.1) is 6.92 Å². The van der Waals surface area contributed by atoms with E-state index in [1.165, 1.54) is 13.2 Å². The van der Waals surface area contributed by atoms with Crippen LogP contribution in [0.4, 0.5) is 0 Å². The van der Waals surface area contributed by atoms with Gasteiger partial charge in [0, 0.05) is 0 Å². The lowest BCUT2D eigenvalue weighted by Gasteiger charge is -2.04. The molecular weight excluding hydrogens is 228 g/mol. The quantitative estimate of drug-likeness (QED) is 0.747. The second kappa shape index (κ2) is 5.12. The zero-order chi connectivity index (χ0) is 12.2. The molecule has 0 atom stereocenters. The number of carbonyl (C=O) groups excluding carboxylic acids is 1. The number of rotatable bonds is 4. The van der Waals surface area contributed by atoms with Crippen molar-refractivity contribution < 1.29 is 17.9 Å². The van der Waals surface area contributed by atoms with E-state index in [0.29, 0.717) is 0 Å². The average molecular weight is 242 g/mol. The number of benzene rings is 1. The van der Waals surface area contributed by atoms with Crippen LogP contribution < -0.4 is 0 Å². The maximum absolute atomic E-state index is 11.8. The summed E-state index contributed by atoms with van der Waals surface area (Å²) in [5, 5.41) is 0. The highest BCUT2D eigenvalue weighted by molar-refractivity contribution is 7.91. The van der Waals surface area contributed by atoms with Gasteiger partial charge in [0.05, 0.1) is 24.2 Å². The van der Waals surface area contributed by atoms with Gasteiger partial charge in [0.1, 0.15) is 0 Å². The summed E-state index contributed by atoms with van der Waals surface area (Å²) in [6.45, 7) is 1.82. The van der Waals surface area contributed by atoms with Crippen LogP contribution in [-0.4, -0.2) is 27.2 Å². The van der Waals surface area contributed by atoms with Gasteiger partial charge in [-0.15, -0.1) is 0 Å². The lowest BCUT2D eigenvalue weighted by Crippen LogP contribution is -2.12. The van der Waals surface area contributed by atoms with E-state index < -0.39 is 15.8 Å². The summed E-state index contributed by atoms with van der Waals surface area (Å²) in [5.41, 5.74) is 0.874. The van der Waals surface area contributed by atoms with E-state index >= 15 is 0 Å². The molecule has 0 N–H and O–H groups in total. The van der Waals surface area contributed by atoms with Gasteiger partial charge in [0.15, 0.2) is 9.84 Å². The molecule has 0 aromatic heterocycles. The molecule has 0 unspecified atom stereocenters. The third-order valence-corrected chi connectivity index (χ3v) is 3.86. The summed E-state index contributed by atoms with van der Waals surface area (Å²) in [6, 6.07) is 6.62. The first-order chi connectivity index (χ1) is 7.45. The fourth-order valence-electron chi connectivity index (χ4n) is 1.25. The van der Waals surface area contributed by atoms with Gasteiger partial charge in [-0.25, -0.2) is 8.42 Å². The molecule has 0 aliphatic carbocycles. The molecule has 0 heterocycles. The highest BCUT2D eigenvalue weighted by Gasteiger charge is 2.16. The summed E-state index contributed by atoms with van der Waals surface area (Å²) in [4.78, 5) is 11.1. The predicted molar refractivity (Wildman–Crippen MR) is 59.9 cm³/mol. The first-order valence-electron chi connectivity index (χ1n) is 4.82. The lowest BCUT2D eigenvalue weighted by atomic mass is 10.2. The minimum Gasteiger partial charge on any atom is -0.469 e. The van der Waals surface area contributed by atoms with Crippen molar-refractivity contribution in [3.05, 3.63) is 29.8 Å². The van der Waals surface area contributed by atoms with E-state index in [-0.39, 0.29) is 17.1 Å². The molecule has 0 bridgehead atoms. The van der Waals surface area contributed by atoms with E-state index in [9.17, 15) is 13.2 Å². The maximum atomic E-state index is 11.8. The van der Waals surface area contributed by atoms with Crippen LogP contribution in [0.2, 0.25) is 0 Å². The largest absolute Gasteiger partial charge is 0.469 e. The maximum Gasteiger partial charge on any atom is 0.306 e. The molecule has 0 saturated heterocycles. The minimum absolute atomic E-state index is 0.118. The molecule has 0 aliphatic heterocycles. The molecule has 0 spiro atoms. The van der Waals surface area contributed by atoms with Crippen LogP contribution in [-0.2, 0) is 19.4 Å². The van der Waals surface area contributed by atoms with Crippen molar-refractivity contribution in [2.24, 2.45) is 0 Å². The van der Waals surface area contributed by atoms with Gasteiger partial charge in [-0.2, -0.15) is 0 Å². The van der Waals surface area contributed by atoms with E-state index in [0.717, 1.165) is 5.56 Å². The SMILES string of the molecule is COC(=O)CCS(=O)(=O)c1cccc(C)c1. The Morgan fingerprint density at radius 3 is 2.62 bits per heavy atom. The molecule has 4 nitrogen and oxygen atoms in total. The van der Waals surface area contributed by atoms with Crippen molar-refractivity contribution in [1.29, 1.82) is 0 Å². The Balaban J connectivity index is 2.82. The van der Waals surface area contributed by atoms with Gasteiger partial charge in [0.25, 0.3) is 0 Å². The Hall–Kier alpha value is -1.36. The van der Waals surface area contributed by atoms with Gasteiger partial charge >= 0.3 is 5.97 Å². The zero-order valence-electron chi connectivity index (χ0n) is 9.26. The molecule has 1 aromatic rings. The van der Waals surface area contributed by atoms with E-state index in [1.807, 2.05) is 13.0 Å². The number of esters is 1. The van der Waals surface area contributed by atoms with Gasteiger partial charge in [0.2, 0.25) is 0 Å². The Kier molecular flexibility index (Phi) is 4.06. The number of hydrogen-bond acceptors (Lipinski definition) is 4. The molecule has 0 amide bonds. The number of ether oxygens (including phenoxy) is 1. The van der Waals surface area contributed by atoms with E-state index in [1.54, 1.807) is 12.1 Å². The first-order valence-corrected chi connectivity index (χ1v) is 6.47. The van der Waals surface area contributed by atoms with Gasteiger partial charge < -0.3 is 4.74 Å². The lowest BCUT2D eigenvalue weighted by molar-refractivity contribution is -0.140. The van der Waals surface area contributed by atoms with Crippen molar-refractivity contribution in [3.63, 3.8) is 0 Å². The van der Waals surface area contributed by atoms with Crippen molar-refractivity contribution in [2.45, 2.75) is 18.2 Å². The van der Waals surface area contributed by atoms with Crippen molar-refractivity contribution in [2.75, 3.05) is 12.9 Å². The van der Waals surface area contributed by atoms with Gasteiger partial charge in [-0.3, -0.25) is 4.79 Å². The van der Waals surface area contributed by atoms with Crippen molar-refractivity contribution in [1.82, 2.24) is 0 Å². The fraction of sp³-hybridized carbons (Fsp3) is 0.364. The summed E-state index contributed by atoms with van der Waals surface area (Å²) < 4.78 is 28.0. The molecule has 88 valence electrons. The minimum atomic E-state index is -3.39. The van der Waals surface area contributed by atoms with Crippen LogP contribution >= 0.6 is 0 Å². The Bertz CT molecular complexity index is 477. The first kappa shape index (κ1) is 12.7. The Morgan fingerprint density at radius 2 is 2.06 bits per heavy atom. The third-order valence-electron chi connectivity index (χ3n) is 2.15. The number of methoxy groups -OCH3 is 1. The molecule has 0 saturated carbocycles. The topological polar surface area (TPSA) is 60.4 Å². The second-order valence-electron chi connectivity index (χ2n) is 3.46. The molecule has 0 radical (unpaired) electrons. The van der Waals surface area contributed by atoms with Gasteiger partial charge in [-0.1, -0.05) is 12.1 Å². The van der Waals surface area contributed by atoms with Crippen LogP contribution in [0.3, 0.4) is 0 Å².